The van der Waals surface area contributed by atoms with Crippen molar-refractivity contribution < 1.29 is 9.72 Å². The molecule has 0 bridgehead atoms. The minimum atomic E-state index is -0.549. The lowest BCUT2D eigenvalue weighted by Gasteiger charge is -2.11. The number of hydrogen-bond acceptors (Lipinski definition) is 5. The Bertz CT molecular complexity index is 739. The monoisotopic (exact) mass is 312 g/mol. The van der Waals surface area contributed by atoms with Gasteiger partial charge >= 0.3 is 0 Å². The third kappa shape index (κ3) is 4.37. The average molecular weight is 312 g/mol. The topological polar surface area (TPSA) is 87.8 Å². The highest BCUT2D eigenvalue weighted by Crippen LogP contribution is 2.13. The zero-order chi connectivity index (χ0) is 16.8. The van der Waals surface area contributed by atoms with Crippen LogP contribution in [0.25, 0.3) is 0 Å². The molecule has 7 nitrogen and oxygen atoms in total. The summed E-state index contributed by atoms with van der Waals surface area (Å²) in [4.78, 5) is 24.0. The normalized spacial score (nSPS) is 10.5. The molecule has 2 aromatic carbocycles. The third-order valence-corrected chi connectivity index (χ3v) is 3.11. The largest absolute Gasteiger partial charge is 0.378 e. The van der Waals surface area contributed by atoms with E-state index in [1.807, 2.05) is 43.3 Å². The SMILES string of the molecule is CN(C)c1ccc(C=NNC(=O)c2cccc([N+](=O)[O-])c2)cc1. The third-order valence-electron chi connectivity index (χ3n) is 3.11. The van der Waals surface area contributed by atoms with Crippen molar-refractivity contribution in [3.05, 3.63) is 69.8 Å². The van der Waals surface area contributed by atoms with Crippen LogP contribution in [0.5, 0.6) is 0 Å². The van der Waals surface area contributed by atoms with Crippen molar-refractivity contribution in [2.45, 2.75) is 0 Å². The van der Waals surface area contributed by atoms with Crippen LogP contribution in [0.1, 0.15) is 15.9 Å². The Morgan fingerprint density at radius 1 is 1.22 bits per heavy atom. The lowest BCUT2D eigenvalue weighted by molar-refractivity contribution is -0.384. The van der Waals surface area contributed by atoms with Gasteiger partial charge in [0.1, 0.15) is 0 Å². The molecular weight excluding hydrogens is 296 g/mol. The second-order valence-electron chi connectivity index (χ2n) is 4.99. The molecule has 0 fully saturated rings. The standard InChI is InChI=1S/C16H16N4O3/c1-19(2)14-8-6-12(7-9-14)11-17-18-16(21)13-4-3-5-15(10-13)20(22)23/h3-11H,1-2H3,(H,18,21). The molecule has 2 aromatic rings. The molecule has 0 atom stereocenters. The van der Waals surface area contributed by atoms with Gasteiger partial charge in [-0.2, -0.15) is 5.10 Å². The van der Waals surface area contributed by atoms with Gasteiger partial charge in [0.2, 0.25) is 0 Å². The van der Waals surface area contributed by atoms with E-state index in [2.05, 4.69) is 10.5 Å². The number of amides is 1. The van der Waals surface area contributed by atoms with Crippen LogP contribution in [-0.4, -0.2) is 31.1 Å². The summed E-state index contributed by atoms with van der Waals surface area (Å²) in [7, 11) is 3.89. The van der Waals surface area contributed by atoms with Gasteiger partial charge in [-0.25, -0.2) is 5.43 Å². The fourth-order valence-electron chi connectivity index (χ4n) is 1.85. The van der Waals surface area contributed by atoms with E-state index in [0.717, 1.165) is 11.3 Å². The second-order valence-corrected chi connectivity index (χ2v) is 4.99. The van der Waals surface area contributed by atoms with E-state index < -0.39 is 10.8 Å². The number of benzene rings is 2. The fraction of sp³-hybridized carbons (Fsp3) is 0.125. The number of non-ortho nitro benzene ring substituents is 1. The van der Waals surface area contributed by atoms with Gasteiger partial charge < -0.3 is 4.90 Å². The Balaban J connectivity index is 2.01. The molecule has 0 spiro atoms. The molecule has 0 aliphatic rings. The van der Waals surface area contributed by atoms with Gasteiger partial charge in [0.15, 0.2) is 0 Å². The highest BCUT2D eigenvalue weighted by molar-refractivity contribution is 5.95. The molecular formula is C16H16N4O3. The van der Waals surface area contributed by atoms with Crippen molar-refractivity contribution in [1.82, 2.24) is 5.43 Å². The first kappa shape index (κ1) is 16.2. The van der Waals surface area contributed by atoms with Crippen LogP contribution in [0.2, 0.25) is 0 Å². The van der Waals surface area contributed by atoms with E-state index >= 15 is 0 Å². The number of nitrogens with one attached hydrogen (secondary N) is 1. The average Bonchev–Trinajstić information content (AvgIpc) is 2.55. The summed E-state index contributed by atoms with van der Waals surface area (Å²) in [5.41, 5.74) is 4.28. The first-order valence-corrected chi connectivity index (χ1v) is 6.82. The van der Waals surface area contributed by atoms with Crippen molar-refractivity contribution in [2.24, 2.45) is 5.10 Å². The van der Waals surface area contributed by atoms with E-state index in [-0.39, 0.29) is 11.3 Å². The molecule has 2 rings (SSSR count). The summed E-state index contributed by atoms with van der Waals surface area (Å²) in [6.45, 7) is 0. The molecule has 1 N–H and O–H groups in total. The zero-order valence-corrected chi connectivity index (χ0v) is 12.8. The minimum Gasteiger partial charge on any atom is -0.378 e. The lowest BCUT2D eigenvalue weighted by Crippen LogP contribution is -2.17. The van der Waals surface area contributed by atoms with Crippen LogP contribution >= 0.6 is 0 Å². The van der Waals surface area contributed by atoms with Crippen LogP contribution in [0.3, 0.4) is 0 Å². The van der Waals surface area contributed by atoms with Gasteiger partial charge in [-0.05, 0) is 23.8 Å². The summed E-state index contributed by atoms with van der Waals surface area (Å²) in [5, 5.41) is 14.5. The highest BCUT2D eigenvalue weighted by atomic mass is 16.6. The fourth-order valence-corrected chi connectivity index (χ4v) is 1.85. The second kappa shape index (κ2) is 7.17. The number of carbonyl (C=O) groups excluding carboxylic acids is 1. The van der Waals surface area contributed by atoms with Gasteiger partial charge in [-0.3, -0.25) is 14.9 Å². The van der Waals surface area contributed by atoms with Gasteiger partial charge in [-0.15, -0.1) is 0 Å². The summed E-state index contributed by atoms with van der Waals surface area (Å²) < 4.78 is 0. The first-order chi connectivity index (χ1) is 11.0. The van der Waals surface area contributed by atoms with Crippen LogP contribution in [-0.2, 0) is 0 Å². The Labute approximate surface area is 133 Å². The van der Waals surface area contributed by atoms with Crippen LogP contribution in [0, 0.1) is 10.1 Å². The van der Waals surface area contributed by atoms with Crippen LogP contribution in [0.15, 0.2) is 53.6 Å². The molecule has 0 saturated heterocycles. The molecule has 0 unspecified atom stereocenters. The molecule has 1 amide bonds. The summed E-state index contributed by atoms with van der Waals surface area (Å²) in [6.07, 6.45) is 1.51. The summed E-state index contributed by atoms with van der Waals surface area (Å²) in [5.74, 6) is -0.505. The van der Waals surface area contributed by atoms with E-state index in [1.165, 1.54) is 30.5 Å². The predicted molar refractivity (Wildman–Crippen MR) is 88.9 cm³/mol. The molecule has 0 saturated carbocycles. The maximum absolute atomic E-state index is 11.9. The minimum absolute atomic E-state index is 0.138. The molecule has 118 valence electrons. The number of rotatable bonds is 5. The Kier molecular flexibility index (Phi) is 5.03. The Morgan fingerprint density at radius 3 is 2.52 bits per heavy atom. The highest BCUT2D eigenvalue weighted by Gasteiger charge is 2.10. The molecule has 23 heavy (non-hydrogen) atoms. The molecule has 0 radical (unpaired) electrons. The van der Waals surface area contributed by atoms with Crippen molar-refractivity contribution in [3.8, 4) is 0 Å². The number of carbonyl (C=O) groups is 1. The molecule has 0 heterocycles. The van der Waals surface area contributed by atoms with E-state index in [9.17, 15) is 14.9 Å². The van der Waals surface area contributed by atoms with Crippen molar-refractivity contribution in [3.63, 3.8) is 0 Å². The van der Waals surface area contributed by atoms with E-state index in [4.69, 9.17) is 0 Å². The van der Waals surface area contributed by atoms with Crippen molar-refractivity contribution in [1.29, 1.82) is 0 Å². The molecule has 0 aliphatic heterocycles. The van der Waals surface area contributed by atoms with Crippen LogP contribution in [0.4, 0.5) is 11.4 Å². The first-order valence-electron chi connectivity index (χ1n) is 6.82. The maximum Gasteiger partial charge on any atom is 0.271 e. The zero-order valence-electron chi connectivity index (χ0n) is 12.8. The summed E-state index contributed by atoms with van der Waals surface area (Å²) in [6, 6.07) is 13.1. The van der Waals surface area contributed by atoms with E-state index in [0.29, 0.717) is 0 Å². The Morgan fingerprint density at radius 2 is 1.91 bits per heavy atom. The maximum atomic E-state index is 11.9. The number of anilines is 1. The number of nitrogens with zero attached hydrogens (tertiary/aromatic N) is 3. The molecule has 0 aromatic heterocycles. The van der Waals surface area contributed by atoms with Gasteiger partial charge in [0.05, 0.1) is 11.1 Å². The number of nitro benzene ring substituents is 1. The summed E-state index contributed by atoms with van der Waals surface area (Å²) >= 11 is 0. The van der Waals surface area contributed by atoms with Crippen molar-refractivity contribution in [2.75, 3.05) is 19.0 Å². The predicted octanol–water partition coefficient (Wildman–Crippen LogP) is 2.42. The van der Waals surface area contributed by atoms with Crippen molar-refractivity contribution >= 4 is 23.5 Å². The lowest BCUT2D eigenvalue weighted by atomic mass is 10.2. The molecule has 7 heteroatoms. The molecule has 0 aliphatic carbocycles. The number of hydrazone groups is 1. The van der Waals surface area contributed by atoms with Gasteiger partial charge in [0, 0.05) is 37.5 Å². The van der Waals surface area contributed by atoms with Gasteiger partial charge in [-0.1, -0.05) is 18.2 Å². The number of hydrogen-bond donors (Lipinski definition) is 1. The van der Waals surface area contributed by atoms with Crippen LogP contribution < -0.4 is 10.3 Å². The number of nitro groups is 1. The Hall–Kier alpha value is -3.22. The van der Waals surface area contributed by atoms with E-state index in [1.54, 1.807) is 0 Å². The smallest absolute Gasteiger partial charge is 0.271 e. The quantitative estimate of drug-likeness (QED) is 0.522. The van der Waals surface area contributed by atoms with Gasteiger partial charge in [0.25, 0.3) is 11.6 Å².